The van der Waals surface area contributed by atoms with E-state index in [2.05, 4.69) is 37.8 Å². The van der Waals surface area contributed by atoms with Crippen LogP contribution in [0.4, 0.5) is 0 Å². The fourth-order valence-electron chi connectivity index (χ4n) is 2.49. The number of nitrogens with zero attached hydrogens (tertiary/aromatic N) is 1. The van der Waals surface area contributed by atoms with Gasteiger partial charge in [-0.15, -0.1) is 6.58 Å². The average Bonchev–Trinajstić information content (AvgIpc) is 2.56. The van der Waals surface area contributed by atoms with Gasteiger partial charge in [-0.1, -0.05) is 35.9 Å². The molecule has 2 aromatic rings. The maximum atomic E-state index is 12.6. The van der Waals surface area contributed by atoms with Crippen molar-refractivity contribution in [3.8, 4) is 5.75 Å². The van der Waals surface area contributed by atoms with Crippen molar-refractivity contribution in [2.45, 2.75) is 19.9 Å². The fraction of sp³-hybridized carbons (Fsp3) is 0.250. The maximum Gasteiger partial charge on any atom is 0.253 e. The van der Waals surface area contributed by atoms with E-state index in [1.165, 1.54) is 5.56 Å². The Hall–Kier alpha value is -2.55. The van der Waals surface area contributed by atoms with E-state index < -0.39 is 0 Å². The standard InChI is InChI=1S/C20H23NO2/c1-5-6-17-13-18(11-12-19(17)23-4)20(22)21(3)14-16-9-7-15(2)8-10-16/h5,7-13H,1,6,14H2,2-4H3. The molecule has 0 unspecified atom stereocenters. The molecule has 3 nitrogen and oxygen atoms in total. The quantitative estimate of drug-likeness (QED) is 0.755. The molecule has 0 aliphatic rings. The van der Waals surface area contributed by atoms with Gasteiger partial charge in [0.05, 0.1) is 7.11 Å². The van der Waals surface area contributed by atoms with Crippen molar-refractivity contribution in [1.29, 1.82) is 0 Å². The SMILES string of the molecule is C=CCc1cc(C(=O)N(C)Cc2ccc(C)cc2)ccc1OC. The van der Waals surface area contributed by atoms with E-state index in [4.69, 9.17) is 4.74 Å². The highest BCUT2D eigenvalue weighted by Gasteiger charge is 2.14. The Morgan fingerprint density at radius 3 is 2.52 bits per heavy atom. The van der Waals surface area contributed by atoms with Crippen LogP contribution in [0.15, 0.2) is 55.1 Å². The molecule has 23 heavy (non-hydrogen) atoms. The molecule has 0 fully saturated rings. The number of benzene rings is 2. The van der Waals surface area contributed by atoms with Crippen molar-refractivity contribution in [1.82, 2.24) is 4.90 Å². The summed E-state index contributed by atoms with van der Waals surface area (Å²) in [5.41, 5.74) is 3.97. The second-order valence-electron chi connectivity index (χ2n) is 5.67. The summed E-state index contributed by atoms with van der Waals surface area (Å²) >= 11 is 0. The number of rotatable bonds is 6. The highest BCUT2D eigenvalue weighted by molar-refractivity contribution is 5.94. The van der Waals surface area contributed by atoms with Crippen LogP contribution in [0.1, 0.15) is 27.0 Å². The average molecular weight is 309 g/mol. The van der Waals surface area contributed by atoms with Crippen LogP contribution in [0.2, 0.25) is 0 Å². The summed E-state index contributed by atoms with van der Waals surface area (Å²) in [5, 5.41) is 0. The summed E-state index contributed by atoms with van der Waals surface area (Å²) in [6.07, 6.45) is 2.48. The third-order valence-corrected chi connectivity index (χ3v) is 3.78. The lowest BCUT2D eigenvalue weighted by Gasteiger charge is -2.18. The molecule has 3 heteroatoms. The monoisotopic (exact) mass is 309 g/mol. The van der Waals surface area contributed by atoms with E-state index in [1.807, 2.05) is 25.3 Å². The van der Waals surface area contributed by atoms with Gasteiger partial charge in [0.15, 0.2) is 0 Å². The van der Waals surface area contributed by atoms with E-state index >= 15 is 0 Å². The lowest BCUT2D eigenvalue weighted by molar-refractivity contribution is 0.0785. The first-order chi connectivity index (χ1) is 11.0. The molecule has 0 saturated carbocycles. The molecule has 0 radical (unpaired) electrons. The zero-order chi connectivity index (χ0) is 16.8. The second kappa shape index (κ2) is 7.63. The molecule has 2 rings (SSSR count). The van der Waals surface area contributed by atoms with Gasteiger partial charge < -0.3 is 9.64 Å². The van der Waals surface area contributed by atoms with E-state index in [0.717, 1.165) is 16.9 Å². The van der Waals surface area contributed by atoms with Gasteiger partial charge in [0, 0.05) is 19.2 Å². The van der Waals surface area contributed by atoms with Crippen LogP contribution < -0.4 is 4.74 Å². The van der Waals surface area contributed by atoms with Gasteiger partial charge in [0.25, 0.3) is 5.91 Å². The number of hydrogen-bond donors (Lipinski definition) is 0. The van der Waals surface area contributed by atoms with Crippen LogP contribution in [0, 0.1) is 6.92 Å². The number of carbonyl (C=O) groups is 1. The summed E-state index contributed by atoms with van der Waals surface area (Å²) < 4.78 is 5.33. The molecule has 1 amide bonds. The van der Waals surface area contributed by atoms with Gasteiger partial charge in [-0.3, -0.25) is 4.79 Å². The fourth-order valence-corrected chi connectivity index (χ4v) is 2.49. The summed E-state index contributed by atoms with van der Waals surface area (Å²) in [6.45, 7) is 6.39. The van der Waals surface area contributed by atoms with E-state index in [-0.39, 0.29) is 5.91 Å². The number of ether oxygens (including phenoxy) is 1. The second-order valence-corrected chi connectivity index (χ2v) is 5.67. The van der Waals surface area contributed by atoms with E-state index in [9.17, 15) is 4.79 Å². The molecule has 0 bridgehead atoms. The van der Waals surface area contributed by atoms with Crippen LogP contribution in [-0.4, -0.2) is 25.0 Å². The summed E-state index contributed by atoms with van der Waals surface area (Å²) in [7, 11) is 3.45. The molecule has 0 N–H and O–H groups in total. The van der Waals surface area contributed by atoms with Crippen LogP contribution >= 0.6 is 0 Å². The third kappa shape index (κ3) is 4.22. The zero-order valence-corrected chi connectivity index (χ0v) is 14.0. The first kappa shape index (κ1) is 16.8. The summed E-state index contributed by atoms with van der Waals surface area (Å²) in [4.78, 5) is 14.4. The Morgan fingerprint density at radius 1 is 1.22 bits per heavy atom. The number of amides is 1. The molecule has 0 heterocycles. The molecule has 0 spiro atoms. The molecular weight excluding hydrogens is 286 g/mol. The molecule has 0 aliphatic heterocycles. The number of methoxy groups -OCH3 is 1. The van der Waals surface area contributed by atoms with E-state index in [0.29, 0.717) is 18.5 Å². The lowest BCUT2D eigenvalue weighted by Crippen LogP contribution is -2.26. The third-order valence-electron chi connectivity index (χ3n) is 3.78. The first-order valence-electron chi connectivity index (χ1n) is 7.64. The Balaban J connectivity index is 2.16. The molecule has 0 atom stereocenters. The highest BCUT2D eigenvalue weighted by atomic mass is 16.5. The summed E-state index contributed by atoms with van der Waals surface area (Å²) in [5.74, 6) is 0.779. The van der Waals surface area contributed by atoms with Gasteiger partial charge in [-0.05, 0) is 42.7 Å². The predicted molar refractivity (Wildman–Crippen MR) is 93.9 cm³/mol. The highest BCUT2D eigenvalue weighted by Crippen LogP contribution is 2.22. The van der Waals surface area contributed by atoms with Crippen LogP contribution in [0.5, 0.6) is 5.75 Å². The van der Waals surface area contributed by atoms with Crippen molar-refractivity contribution in [2.24, 2.45) is 0 Å². The number of allylic oxidation sites excluding steroid dienone is 1. The lowest BCUT2D eigenvalue weighted by atomic mass is 10.1. The molecule has 0 aromatic heterocycles. The first-order valence-corrected chi connectivity index (χ1v) is 7.64. The number of carbonyl (C=O) groups excluding carboxylic acids is 1. The molecule has 2 aromatic carbocycles. The minimum atomic E-state index is -0.00135. The normalized spacial score (nSPS) is 10.2. The van der Waals surface area contributed by atoms with Crippen molar-refractivity contribution < 1.29 is 9.53 Å². The molecule has 120 valence electrons. The minimum absolute atomic E-state index is 0.00135. The van der Waals surface area contributed by atoms with Gasteiger partial charge in [0.2, 0.25) is 0 Å². The molecular formula is C20H23NO2. The van der Waals surface area contributed by atoms with Crippen molar-refractivity contribution in [3.63, 3.8) is 0 Å². The van der Waals surface area contributed by atoms with Crippen LogP contribution in [0.25, 0.3) is 0 Å². The van der Waals surface area contributed by atoms with Gasteiger partial charge >= 0.3 is 0 Å². The van der Waals surface area contributed by atoms with Crippen molar-refractivity contribution in [3.05, 3.63) is 77.4 Å². The number of aryl methyl sites for hydroxylation is 1. The van der Waals surface area contributed by atoms with Gasteiger partial charge in [0.1, 0.15) is 5.75 Å². The zero-order valence-electron chi connectivity index (χ0n) is 14.0. The van der Waals surface area contributed by atoms with Crippen LogP contribution in [0.3, 0.4) is 0 Å². The summed E-state index contributed by atoms with van der Waals surface area (Å²) in [6, 6.07) is 13.7. The van der Waals surface area contributed by atoms with E-state index in [1.54, 1.807) is 18.1 Å². The van der Waals surface area contributed by atoms with Crippen molar-refractivity contribution in [2.75, 3.05) is 14.2 Å². The van der Waals surface area contributed by atoms with Crippen molar-refractivity contribution >= 4 is 5.91 Å². The van der Waals surface area contributed by atoms with Gasteiger partial charge in [-0.2, -0.15) is 0 Å². The molecule has 0 aliphatic carbocycles. The smallest absolute Gasteiger partial charge is 0.253 e. The largest absolute Gasteiger partial charge is 0.496 e. The maximum absolute atomic E-state index is 12.6. The van der Waals surface area contributed by atoms with Crippen LogP contribution in [-0.2, 0) is 13.0 Å². The topological polar surface area (TPSA) is 29.5 Å². The minimum Gasteiger partial charge on any atom is -0.496 e. The Bertz CT molecular complexity index is 689. The Morgan fingerprint density at radius 2 is 1.91 bits per heavy atom. The van der Waals surface area contributed by atoms with Gasteiger partial charge in [-0.25, -0.2) is 0 Å². The Kier molecular flexibility index (Phi) is 5.58. The number of hydrogen-bond acceptors (Lipinski definition) is 2. The molecule has 0 saturated heterocycles. The predicted octanol–water partition coefficient (Wildman–Crippen LogP) is 4.00. The Labute approximate surface area is 138 Å².